The zero-order chi connectivity index (χ0) is 14.7. The molecule has 0 saturated carbocycles. The molecule has 3 rings (SSSR count). The van der Waals surface area contributed by atoms with E-state index >= 15 is 0 Å². The first-order chi connectivity index (χ1) is 10.2. The van der Waals surface area contributed by atoms with Crippen molar-refractivity contribution in [3.8, 4) is 10.6 Å². The third kappa shape index (κ3) is 3.23. The molecular weight excluding hydrogens is 308 g/mol. The molecule has 8 heteroatoms. The van der Waals surface area contributed by atoms with E-state index in [1.807, 2.05) is 12.1 Å². The van der Waals surface area contributed by atoms with E-state index in [9.17, 15) is 9.59 Å². The molecule has 106 valence electrons. The van der Waals surface area contributed by atoms with Crippen molar-refractivity contribution in [2.75, 3.05) is 0 Å². The second-order valence-corrected chi connectivity index (χ2v) is 6.00. The molecule has 0 aliphatic heterocycles. The van der Waals surface area contributed by atoms with Gasteiger partial charge in [-0.2, -0.15) is 0 Å². The number of thiazole rings is 2. The van der Waals surface area contributed by atoms with E-state index in [1.54, 1.807) is 24.0 Å². The molecule has 6 nitrogen and oxygen atoms in total. The molecule has 0 radical (unpaired) electrons. The molecule has 3 aromatic heterocycles. The first kappa shape index (κ1) is 13.7. The van der Waals surface area contributed by atoms with Crippen LogP contribution in [0.5, 0.6) is 0 Å². The Morgan fingerprint density at radius 3 is 3.00 bits per heavy atom. The summed E-state index contributed by atoms with van der Waals surface area (Å²) in [4.78, 5) is 34.3. The largest absolute Gasteiger partial charge is 0.346 e. The fourth-order valence-corrected chi connectivity index (χ4v) is 3.07. The van der Waals surface area contributed by atoms with Crippen LogP contribution in [0.4, 0.5) is 0 Å². The molecular formula is C13H10N4O2S2. The van der Waals surface area contributed by atoms with E-state index in [4.69, 9.17) is 0 Å². The van der Waals surface area contributed by atoms with Crippen LogP contribution in [0, 0.1) is 0 Å². The van der Waals surface area contributed by atoms with Gasteiger partial charge in [0.1, 0.15) is 9.88 Å². The summed E-state index contributed by atoms with van der Waals surface area (Å²) in [6.45, 7) is 0.289. The highest BCUT2D eigenvalue weighted by Crippen LogP contribution is 2.24. The molecule has 0 unspecified atom stereocenters. The van der Waals surface area contributed by atoms with Crippen LogP contribution in [0.2, 0.25) is 0 Å². The summed E-state index contributed by atoms with van der Waals surface area (Å²) in [5.41, 5.74) is 1.57. The summed E-state index contributed by atoms with van der Waals surface area (Å²) in [5.74, 6) is -0.213. The van der Waals surface area contributed by atoms with Crippen LogP contribution < -0.4 is 10.2 Å². The van der Waals surface area contributed by atoms with Crippen molar-refractivity contribution in [3.63, 3.8) is 0 Å². The molecule has 0 spiro atoms. The summed E-state index contributed by atoms with van der Waals surface area (Å²) in [6, 6.07) is 3.72. The zero-order valence-corrected chi connectivity index (χ0v) is 12.3. The Labute approximate surface area is 127 Å². The molecule has 0 saturated heterocycles. The van der Waals surface area contributed by atoms with Crippen LogP contribution in [-0.4, -0.2) is 20.9 Å². The number of nitrogens with one attached hydrogen (secondary N) is 2. The Hall–Kier alpha value is -2.32. The number of amides is 1. The average Bonchev–Trinajstić information content (AvgIpc) is 3.15. The van der Waals surface area contributed by atoms with Crippen molar-refractivity contribution < 1.29 is 4.79 Å². The van der Waals surface area contributed by atoms with Crippen molar-refractivity contribution in [2.45, 2.75) is 6.54 Å². The summed E-state index contributed by atoms with van der Waals surface area (Å²) < 4.78 is 0. The fraction of sp³-hybridized carbons (Fsp3) is 0.0769. The first-order valence-corrected chi connectivity index (χ1v) is 7.73. The van der Waals surface area contributed by atoms with Gasteiger partial charge in [0.25, 0.3) is 5.91 Å². The minimum Gasteiger partial charge on any atom is -0.346 e. The Kier molecular flexibility index (Phi) is 3.89. The Balaban J connectivity index is 1.68. The number of hydrogen-bond donors (Lipinski definition) is 2. The molecule has 1 amide bonds. The van der Waals surface area contributed by atoms with Gasteiger partial charge in [0, 0.05) is 29.0 Å². The minimum absolute atomic E-state index is 0.129. The maximum atomic E-state index is 12.0. The van der Waals surface area contributed by atoms with Crippen LogP contribution in [0.25, 0.3) is 10.6 Å². The number of pyridine rings is 1. The van der Waals surface area contributed by atoms with Crippen molar-refractivity contribution in [2.24, 2.45) is 0 Å². The van der Waals surface area contributed by atoms with E-state index in [0.29, 0.717) is 10.6 Å². The third-order valence-corrected chi connectivity index (χ3v) is 4.41. The lowest BCUT2D eigenvalue weighted by atomic mass is 10.3. The van der Waals surface area contributed by atoms with Crippen LogP contribution in [0.1, 0.15) is 15.4 Å². The van der Waals surface area contributed by atoms with Gasteiger partial charge in [0.05, 0.1) is 12.7 Å². The lowest BCUT2D eigenvalue weighted by Crippen LogP contribution is -2.22. The minimum atomic E-state index is -0.213. The van der Waals surface area contributed by atoms with Gasteiger partial charge < -0.3 is 10.3 Å². The zero-order valence-electron chi connectivity index (χ0n) is 10.7. The third-order valence-electron chi connectivity index (χ3n) is 2.65. The summed E-state index contributed by atoms with van der Waals surface area (Å²) in [6.07, 6.45) is 4.93. The highest BCUT2D eigenvalue weighted by molar-refractivity contribution is 7.16. The maximum absolute atomic E-state index is 12.0. The van der Waals surface area contributed by atoms with Gasteiger partial charge in [0.15, 0.2) is 0 Å². The molecule has 3 heterocycles. The standard InChI is InChI=1S/C13H10N4O2S2/c18-11(15-5-9-7-20-13(19)17-9)10-6-16-12(21-10)8-2-1-3-14-4-8/h1-4,6-7H,5H2,(H,15,18)(H,17,19). The lowest BCUT2D eigenvalue weighted by Gasteiger charge is -2.00. The van der Waals surface area contributed by atoms with Crippen molar-refractivity contribution in [3.05, 3.63) is 56.3 Å². The molecule has 3 aromatic rings. The quantitative estimate of drug-likeness (QED) is 0.769. The van der Waals surface area contributed by atoms with Gasteiger partial charge in [-0.25, -0.2) is 4.98 Å². The fourth-order valence-electron chi connectivity index (χ4n) is 1.66. The van der Waals surface area contributed by atoms with Gasteiger partial charge in [-0.1, -0.05) is 11.3 Å². The second kappa shape index (κ2) is 5.98. The smallest absolute Gasteiger partial charge is 0.304 e. The number of aromatic nitrogens is 3. The molecule has 0 aromatic carbocycles. The number of carbonyl (C=O) groups excluding carboxylic acids is 1. The van der Waals surface area contributed by atoms with Gasteiger partial charge in [-0.15, -0.1) is 11.3 Å². The van der Waals surface area contributed by atoms with Crippen LogP contribution >= 0.6 is 22.7 Å². The normalized spacial score (nSPS) is 10.5. The lowest BCUT2D eigenvalue weighted by molar-refractivity contribution is 0.0954. The number of nitrogens with zero attached hydrogens (tertiary/aromatic N) is 2. The van der Waals surface area contributed by atoms with Crippen molar-refractivity contribution in [1.29, 1.82) is 0 Å². The average molecular weight is 318 g/mol. The van der Waals surface area contributed by atoms with Crippen molar-refractivity contribution in [1.82, 2.24) is 20.3 Å². The SMILES string of the molecule is O=C(NCc1csc(=O)[nH]1)c1cnc(-c2cccnc2)s1. The number of H-pyrrole nitrogens is 1. The monoisotopic (exact) mass is 318 g/mol. The van der Waals surface area contributed by atoms with Gasteiger partial charge in [0.2, 0.25) is 0 Å². The highest BCUT2D eigenvalue weighted by atomic mass is 32.1. The molecule has 0 atom stereocenters. The number of aromatic amines is 1. The predicted octanol–water partition coefficient (Wildman–Crippen LogP) is 1.88. The topological polar surface area (TPSA) is 87.7 Å². The summed E-state index contributed by atoms with van der Waals surface area (Å²) in [7, 11) is 0. The van der Waals surface area contributed by atoms with E-state index in [0.717, 1.165) is 21.9 Å². The first-order valence-electron chi connectivity index (χ1n) is 6.03. The van der Waals surface area contributed by atoms with E-state index < -0.39 is 0 Å². The Bertz CT molecular complexity index is 807. The van der Waals surface area contributed by atoms with Crippen LogP contribution in [0.15, 0.2) is 40.9 Å². The number of rotatable bonds is 4. The van der Waals surface area contributed by atoms with E-state index in [2.05, 4.69) is 20.3 Å². The molecule has 2 N–H and O–H groups in total. The van der Waals surface area contributed by atoms with Gasteiger partial charge in [-0.3, -0.25) is 14.6 Å². The summed E-state index contributed by atoms with van der Waals surface area (Å²) in [5, 5.41) is 5.18. The maximum Gasteiger partial charge on any atom is 0.304 e. The van der Waals surface area contributed by atoms with Crippen LogP contribution in [0.3, 0.4) is 0 Å². The van der Waals surface area contributed by atoms with E-state index in [1.165, 1.54) is 11.3 Å². The molecule has 0 bridgehead atoms. The molecule has 0 aliphatic carbocycles. The summed E-state index contributed by atoms with van der Waals surface area (Å²) >= 11 is 2.38. The van der Waals surface area contributed by atoms with Gasteiger partial charge >= 0.3 is 4.87 Å². The second-order valence-electron chi connectivity index (χ2n) is 4.13. The number of carbonyl (C=O) groups is 1. The Morgan fingerprint density at radius 1 is 1.38 bits per heavy atom. The van der Waals surface area contributed by atoms with E-state index in [-0.39, 0.29) is 17.3 Å². The highest BCUT2D eigenvalue weighted by Gasteiger charge is 2.11. The molecule has 21 heavy (non-hydrogen) atoms. The predicted molar refractivity (Wildman–Crippen MR) is 81.5 cm³/mol. The van der Waals surface area contributed by atoms with Crippen molar-refractivity contribution >= 4 is 28.6 Å². The number of hydrogen-bond acceptors (Lipinski definition) is 6. The van der Waals surface area contributed by atoms with Crippen LogP contribution in [-0.2, 0) is 6.54 Å². The molecule has 0 aliphatic rings. The van der Waals surface area contributed by atoms with Gasteiger partial charge in [-0.05, 0) is 12.1 Å². The molecule has 0 fully saturated rings. The Morgan fingerprint density at radius 2 is 2.29 bits per heavy atom.